The third-order valence-electron chi connectivity index (χ3n) is 4.98. The average Bonchev–Trinajstić information content (AvgIpc) is 2.72. The van der Waals surface area contributed by atoms with E-state index in [4.69, 9.17) is 14.7 Å². The average molecular weight is 396 g/mol. The summed E-state index contributed by atoms with van der Waals surface area (Å²) in [6.07, 6.45) is 6.39. The molecule has 1 fully saturated rings. The van der Waals surface area contributed by atoms with Crippen molar-refractivity contribution in [2.75, 3.05) is 26.2 Å². The molecule has 0 atom stereocenters. The van der Waals surface area contributed by atoms with Gasteiger partial charge in [-0.2, -0.15) is 0 Å². The molecule has 1 aromatic rings. The van der Waals surface area contributed by atoms with Gasteiger partial charge >= 0.3 is 6.02 Å². The van der Waals surface area contributed by atoms with Crippen molar-refractivity contribution >= 4 is 18.4 Å². The maximum Gasteiger partial charge on any atom is 0.326 e. The summed E-state index contributed by atoms with van der Waals surface area (Å²) >= 11 is 0. The lowest BCUT2D eigenvalue weighted by atomic mass is 10.0. The topological polar surface area (TPSA) is 57.5 Å². The maximum atomic E-state index is 9.10. The predicted octanol–water partition coefficient (Wildman–Crippen LogP) is 3.81. The second-order valence-corrected chi connectivity index (χ2v) is 6.74. The zero-order chi connectivity index (χ0) is 18.2. The lowest BCUT2D eigenvalue weighted by Crippen LogP contribution is -2.46. The number of amidine groups is 1. The molecule has 27 heavy (non-hydrogen) atoms. The molecule has 0 spiro atoms. The summed E-state index contributed by atoms with van der Waals surface area (Å²) < 4.78 is 11.4. The van der Waals surface area contributed by atoms with Crippen LogP contribution in [0.25, 0.3) is 0 Å². The summed E-state index contributed by atoms with van der Waals surface area (Å²) in [6, 6.07) is 11.1. The van der Waals surface area contributed by atoms with Crippen molar-refractivity contribution in [1.29, 1.82) is 0 Å². The highest BCUT2D eigenvalue weighted by Gasteiger charge is 2.27. The van der Waals surface area contributed by atoms with Crippen molar-refractivity contribution in [3.63, 3.8) is 0 Å². The monoisotopic (exact) mass is 395 g/mol. The minimum absolute atomic E-state index is 0. The Morgan fingerprint density at radius 2 is 1.93 bits per heavy atom. The minimum atomic E-state index is 0. The Kier molecular flexibility index (Phi) is 8.58. The molecule has 6 nitrogen and oxygen atoms in total. The molecule has 0 aromatic heterocycles. The van der Waals surface area contributed by atoms with Crippen LogP contribution in [0.5, 0.6) is 0 Å². The van der Waals surface area contributed by atoms with Gasteiger partial charge in [0, 0.05) is 38.3 Å². The van der Waals surface area contributed by atoms with Crippen molar-refractivity contribution < 1.29 is 14.7 Å². The molecule has 0 unspecified atom stereocenters. The van der Waals surface area contributed by atoms with E-state index in [1.807, 2.05) is 30.0 Å². The van der Waals surface area contributed by atoms with E-state index in [2.05, 4.69) is 28.4 Å². The molecule has 2 aliphatic rings. The number of benzene rings is 1. The van der Waals surface area contributed by atoms with Crippen LogP contribution in [0, 0.1) is 0 Å². The highest BCUT2D eigenvalue weighted by molar-refractivity contribution is 5.85. The highest BCUT2D eigenvalue weighted by atomic mass is 35.5. The first-order valence-electron chi connectivity index (χ1n) is 9.53. The number of likely N-dealkylation sites (tertiary alicyclic amines) is 1. The van der Waals surface area contributed by atoms with Gasteiger partial charge in [-0.15, -0.1) is 12.4 Å². The van der Waals surface area contributed by atoms with E-state index in [1.54, 1.807) is 0 Å². The molecule has 7 heteroatoms. The number of oxime groups is 1. The SMILES string of the molecule is CCOC(=NO)N1CCC(N2C=C(OCc3ccccc3)CCC2)CC1.Cl. The zero-order valence-corrected chi connectivity index (χ0v) is 16.7. The summed E-state index contributed by atoms with van der Waals surface area (Å²) in [4.78, 5) is 4.44. The second kappa shape index (κ2) is 10.9. The number of allylic oxidation sites excluding steroid dienone is 1. The third-order valence-corrected chi connectivity index (χ3v) is 4.98. The van der Waals surface area contributed by atoms with E-state index in [0.29, 0.717) is 25.3 Å². The Bertz CT molecular complexity index is 616. The van der Waals surface area contributed by atoms with Crippen LogP contribution in [-0.2, 0) is 16.1 Å². The quantitative estimate of drug-likeness (QED) is 0.355. The summed E-state index contributed by atoms with van der Waals surface area (Å²) in [5.74, 6) is 1.08. The smallest absolute Gasteiger partial charge is 0.326 e. The van der Waals surface area contributed by atoms with Gasteiger partial charge in [-0.3, -0.25) is 0 Å². The van der Waals surface area contributed by atoms with Gasteiger partial charge in [0.15, 0.2) is 0 Å². The molecule has 0 amide bonds. The molecule has 0 aliphatic carbocycles. The van der Waals surface area contributed by atoms with Crippen LogP contribution in [0.1, 0.15) is 38.2 Å². The van der Waals surface area contributed by atoms with Gasteiger partial charge < -0.3 is 24.5 Å². The first kappa shape index (κ1) is 21.2. The minimum Gasteiger partial charge on any atom is -0.492 e. The fourth-order valence-corrected chi connectivity index (χ4v) is 3.60. The van der Waals surface area contributed by atoms with E-state index in [-0.39, 0.29) is 12.4 Å². The van der Waals surface area contributed by atoms with E-state index in [9.17, 15) is 0 Å². The van der Waals surface area contributed by atoms with Gasteiger partial charge in [0.05, 0.1) is 6.61 Å². The molecule has 1 saturated heterocycles. The number of ether oxygens (including phenoxy) is 2. The first-order valence-corrected chi connectivity index (χ1v) is 9.53. The lowest BCUT2D eigenvalue weighted by molar-refractivity contribution is 0.120. The number of hydrogen-bond acceptors (Lipinski definition) is 5. The molecular weight excluding hydrogens is 366 g/mol. The second-order valence-electron chi connectivity index (χ2n) is 6.74. The van der Waals surface area contributed by atoms with Crippen LogP contribution >= 0.6 is 12.4 Å². The molecule has 2 aliphatic heterocycles. The Morgan fingerprint density at radius 1 is 1.19 bits per heavy atom. The largest absolute Gasteiger partial charge is 0.492 e. The number of piperidine rings is 1. The van der Waals surface area contributed by atoms with E-state index in [1.165, 1.54) is 5.56 Å². The van der Waals surface area contributed by atoms with Gasteiger partial charge in [0.25, 0.3) is 0 Å². The molecular formula is C20H30ClN3O3. The van der Waals surface area contributed by atoms with Gasteiger partial charge in [-0.05, 0) is 36.9 Å². The first-order chi connectivity index (χ1) is 12.8. The summed E-state index contributed by atoms with van der Waals surface area (Å²) in [6.45, 7) is 5.80. The van der Waals surface area contributed by atoms with Gasteiger partial charge in [-0.1, -0.05) is 30.3 Å². The number of halogens is 1. The highest BCUT2D eigenvalue weighted by Crippen LogP contribution is 2.24. The van der Waals surface area contributed by atoms with Crippen molar-refractivity contribution in [1.82, 2.24) is 9.80 Å². The van der Waals surface area contributed by atoms with Crippen molar-refractivity contribution in [2.45, 2.75) is 45.3 Å². The van der Waals surface area contributed by atoms with Crippen molar-refractivity contribution in [3.05, 3.63) is 47.9 Å². The normalized spacial score (nSPS) is 18.6. The van der Waals surface area contributed by atoms with Crippen LogP contribution < -0.4 is 0 Å². The molecule has 0 bridgehead atoms. The Hall–Kier alpha value is -2.08. The number of nitrogens with zero attached hydrogens (tertiary/aromatic N) is 3. The van der Waals surface area contributed by atoms with E-state index in [0.717, 1.165) is 51.1 Å². The third kappa shape index (κ3) is 5.96. The van der Waals surface area contributed by atoms with Crippen LogP contribution in [0.3, 0.4) is 0 Å². The lowest BCUT2D eigenvalue weighted by Gasteiger charge is -2.40. The number of rotatable bonds is 5. The molecule has 150 valence electrons. The molecule has 0 saturated carbocycles. The van der Waals surface area contributed by atoms with Gasteiger partial charge in [0.2, 0.25) is 0 Å². The fourth-order valence-electron chi connectivity index (χ4n) is 3.60. The number of hydrogen-bond donors (Lipinski definition) is 1. The molecule has 2 heterocycles. The Balaban J connectivity index is 0.00000261. The van der Waals surface area contributed by atoms with Crippen molar-refractivity contribution in [2.24, 2.45) is 5.16 Å². The van der Waals surface area contributed by atoms with E-state index >= 15 is 0 Å². The van der Waals surface area contributed by atoms with Gasteiger partial charge in [0.1, 0.15) is 12.4 Å². The fraction of sp³-hybridized carbons (Fsp3) is 0.550. The van der Waals surface area contributed by atoms with Crippen molar-refractivity contribution in [3.8, 4) is 0 Å². The zero-order valence-electron chi connectivity index (χ0n) is 15.9. The predicted molar refractivity (Wildman–Crippen MR) is 108 cm³/mol. The molecule has 3 rings (SSSR count). The van der Waals surface area contributed by atoms with Crippen LogP contribution in [-0.4, -0.2) is 53.3 Å². The van der Waals surface area contributed by atoms with E-state index < -0.39 is 0 Å². The van der Waals surface area contributed by atoms with Gasteiger partial charge in [-0.25, -0.2) is 0 Å². The summed E-state index contributed by atoms with van der Waals surface area (Å²) in [5, 5.41) is 12.4. The Labute approximate surface area is 167 Å². The van der Waals surface area contributed by atoms with Crippen LogP contribution in [0.4, 0.5) is 0 Å². The van der Waals surface area contributed by atoms with Crippen LogP contribution in [0.15, 0.2) is 47.4 Å². The summed E-state index contributed by atoms with van der Waals surface area (Å²) in [7, 11) is 0. The summed E-state index contributed by atoms with van der Waals surface area (Å²) in [5.41, 5.74) is 1.20. The standard InChI is InChI=1S/C20H29N3O3.ClH/c1-2-25-20(21-24)22-13-10-18(11-14-22)23-12-6-9-19(15-23)26-16-17-7-4-3-5-8-17;/h3-5,7-8,15,18,24H,2,6,9-14,16H2,1H3;1H. The molecule has 1 aromatic carbocycles. The molecule has 0 radical (unpaired) electrons. The Morgan fingerprint density at radius 3 is 2.59 bits per heavy atom. The van der Waals surface area contributed by atoms with Crippen LogP contribution in [0.2, 0.25) is 0 Å². The molecule has 1 N–H and O–H groups in total. The maximum absolute atomic E-state index is 9.10.